The summed E-state index contributed by atoms with van der Waals surface area (Å²) in [7, 11) is 0. The van der Waals surface area contributed by atoms with Gasteiger partial charge in [0.2, 0.25) is 5.82 Å². The number of H-pyrrole nitrogens is 1. The highest BCUT2D eigenvalue weighted by Crippen LogP contribution is 2.50. The van der Waals surface area contributed by atoms with Gasteiger partial charge in [0.25, 0.3) is 11.5 Å². The van der Waals surface area contributed by atoms with Crippen molar-refractivity contribution in [1.82, 2.24) is 39.7 Å². The van der Waals surface area contributed by atoms with E-state index in [0.29, 0.717) is 43.3 Å². The van der Waals surface area contributed by atoms with Gasteiger partial charge < -0.3 is 15.7 Å². The Hall–Kier alpha value is -4.61. The highest BCUT2D eigenvalue weighted by molar-refractivity contribution is 6.00. The summed E-state index contributed by atoms with van der Waals surface area (Å²) in [5.41, 5.74) is 0.305. The first-order valence-corrected chi connectivity index (χ1v) is 13.7. The number of halogens is 6. The van der Waals surface area contributed by atoms with E-state index in [1.807, 2.05) is 0 Å². The Balaban J connectivity index is 1.38. The summed E-state index contributed by atoms with van der Waals surface area (Å²) in [4.78, 5) is 40.0. The van der Waals surface area contributed by atoms with Crippen molar-refractivity contribution in [3.8, 4) is 11.1 Å². The number of rotatable bonds is 5. The van der Waals surface area contributed by atoms with E-state index in [1.165, 1.54) is 13.1 Å². The predicted octanol–water partition coefficient (Wildman–Crippen LogP) is 3.87. The van der Waals surface area contributed by atoms with Gasteiger partial charge in [-0.3, -0.25) is 19.7 Å². The first kappa shape index (κ1) is 30.4. The molecule has 18 heteroatoms. The number of ketones is 1. The maximum absolute atomic E-state index is 13.3. The van der Waals surface area contributed by atoms with E-state index in [2.05, 4.69) is 25.3 Å². The lowest BCUT2D eigenvalue weighted by Crippen LogP contribution is -2.54. The summed E-state index contributed by atoms with van der Waals surface area (Å²) in [6.07, 6.45) is -7.89. The number of hydrogen-bond acceptors (Lipinski definition) is 9. The quantitative estimate of drug-likeness (QED) is 0.217. The molecule has 2 saturated heterocycles. The predicted molar refractivity (Wildman–Crippen MR) is 143 cm³/mol. The molecule has 0 saturated carbocycles. The number of nitrogens with zero attached hydrogens (tertiary/aromatic N) is 7. The molecule has 4 aromatic rings. The Bertz CT molecular complexity index is 1790. The fourth-order valence-electron chi connectivity index (χ4n) is 6.40. The normalized spacial score (nSPS) is 20.6. The van der Waals surface area contributed by atoms with Crippen molar-refractivity contribution in [1.29, 1.82) is 0 Å². The number of aromatic amines is 1. The molecule has 6 rings (SSSR count). The van der Waals surface area contributed by atoms with Crippen LogP contribution >= 0.6 is 0 Å². The zero-order valence-corrected chi connectivity index (χ0v) is 23.6. The summed E-state index contributed by atoms with van der Waals surface area (Å²) in [5, 5.41) is 20.5. The molecule has 238 valence electrons. The first-order valence-electron chi connectivity index (χ1n) is 13.7. The number of hydrogen-bond donors (Lipinski definition) is 3. The fourth-order valence-corrected chi connectivity index (χ4v) is 6.40. The lowest BCUT2D eigenvalue weighted by Gasteiger charge is -2.38. The third kappa shape index (κ3) is 4.69. The molecule has 0 aromatic carbocycles. The van der Waals surface area contributed by atoms with Gasteiger partial charge in [-0.15, -0.1) is 5.10 Å². The van der Waals surface area contributed by atoms with Crippen molar-refractivity contribution in [2.24, 2.45) is 0 Å². The van der Waals surface area contributed by atoms with E-state index in [4.69, 9.17) is 10.7 Å². The number of piperidine rings is 1. The topological polar surface area (TPSA) is 168 Å². The summed E-state index contributed by atoms with van der Waals surface area (Å²) in [5.74, 6) is -0.508. The molecule has 1 unspecified atom stereocenters. The molecule has 45 heavy (non-hydrogen) atoms. The molecule has 6 heterocycles. The smallest absolute Gasteiger partial charge is 0.383 e. The van der Waals surface area contributed by atoms with Crippen LogP contribution in [0.3, 0.4) is 0 Å². The standard InChI is InChI=1S/C27H25F6N9O3/c1-11(43)19-20(14-7-15-4-5-16(8-14)41(15)24(44)22-37-12(2)39-40-22)38-23-17(10-36-42(23)21(19)34)13-3-6-18(35-9-13)25(45,26(28,29)30)27(31,32)33/h3,6,9-10,14-16,45H,4-5,7-8,34H2,1-2H3,(H,37,39,40)/t14?,15-,16+. The third-order valence-corrected chi connectivity index (χ3v) is 8.47. The molecule has 4 N–H and O–H groups in total. The number of carbonyl (C=O) groups excluding carboxylic acids is 2. The highest BCUT2D eigenvalue weighted by atomic mass is 19.4. The second-order valence-electron chi connectivity index (χ2n) is 11.3. The second kappa shape index (κ2) is 10.2. The van der Waals surface area contributed by atoms with Crippen LogP contribution in [0.25, 0.3) is 16.8 Å². The molecular weight excluding hydrogens is 612 g/mol. The number of nitrogens with one attached hydrogen (secondary N) is 1. The van der Waals surface area contributed by atoms with Crippen molar-refractivity contribution in [3.05, 3.63) is 53.1 Å². The molecule has 2 fully saturated rings. The minimum Gasteiger partial charge on any atom is -0.383 e. The number of alkyl halides is 6. The minimum absolute atomic E-state index is 0.0381. The average Bonchev–Trinajstić information content (AvgIpc) is 3.66. The van der Waals surface area contributed by atoms with Gasteiger partial charge in [0.05, 0.1) is 23.1 Å². The maximum Gasteiger partial charge on any atom is 0.432 e. The van der Waals surface area contributed by atoms with Crippen molar-refractivity contribution in [2.45, 2.75) is 75.5 Å². The Labute approximate surface area is 249 Å². The Morgan fingerprint density at radius 3 is 2.18 bits per heavy atom. The Morgan fingerprint density at radius 1 is 1.02 bits per heavy atom. The monoisotopic (exact) mass is 637 g/mol. The molecule has 0 aliphatic carbocycles. The Kier molecular flexibility index (Phi) is 6.90. The molecular formula is C27H25F6N9O3. The highest BCUT2D eigenvalue weighted by Gasteiger charge is 2.72. The number of nitrogens with two attached hydrogens (primary N) is 1. The fraction of sp³-hybridized carbons (Fsp3) is 0.444. The van der Waals surface area contributed by atoms with E-state index in [-0.39, 0.29) is 63.7 Å². The van der Waals surface area contributed by atoms with Crippen molar-refractivity contribution >= 4 is 23.2 Å². The molecule has 2 aliphatic heterocycles. The van der Waals surface area contributed by atoms with Gasteiger partial charge >= 0.3 is 12.4 Å². The molecule has 2 aliphatic rings. The number of carbonyl (C=O) groups is 2. The molecule has 12 nitrogen and oxygen atoms in total. The summed E-state index contributed by atoms with van der Waals surface area (Å²) < 4.78 is 81.2. The largest absolute Gasteiger partial charge is 0.432 e. The van der Waals surface area contributed by atoms with Gasteiger partial charge in [-0.05, 0) is 45.6 Å². The number of aliphatic hydroxyl groups is 1. The van der Waals surface area contributed by atoms with Crippen LogP contribution in [-0.2, 0) is 5.60 Å². The van der Waals surface area contributed by atoms with Crippen LogP contribution in [0.5, 0.6) is 0 Å². The number of pyridine rings is 1. The first-order chi connectivity index (χ1) is 21.0. The van der Waals surface area contributed by atoms with Crippen LogP contribution in [0.2, 0.25) is 0 Å². The number of amides is 1. The van der Waals surface area contributed by atoms with Gasteiger partial charge in [0.1, 0.15) is 11.6 Å². The number of aromatic nitrogens is 7. The number of fused-ring (bicyclic) bond motifs is 3. The van der Waals surface area contributed by atoms with Crippen LogP contribution in [0, 0.1) is 6.92 Å². The van der Waals surface area contributed by atoms with Crippen LogP contribution < -0.4 is 5.73 Å². The van der Waals surface area contributed by atoms with E-state index in [1.54, 1.807) is 11.8 Å². The van der Waals surface area contributed by atoms with Crippen LogP contribution in [0.1, 0.15) is 76.7 Å². The van der Waals surface area contributed by atoms with Crippen LogP contribution in [0.4, 0.5) is 32.2 Å². The number of Topliss-reactive ketones (excluding diaryl/α,β-unsaturated/α-hetero) is 1. The average molecular weight is 638 g/mol. The lowest BCUT2D eigenvalue weighted by molar-refractivity contribution is -0.377. The van der Waals surface area contributed by atoms with Crippen molar-refractivity contribution < 1.29 is 41.0 Å². The zero-order chi connectivity index (χ0) is 32.6. The molecule has 2 bridgehead atoms. The molecule has 0 radical (unpaired) electrons. The second-order valence-corrected chi connectivity index (χ2v) is 11.3. The van der Waals surface area contributed by atoms with Gasteiger partial charge in [0.15, 0.2) is 11.4 Å². The number of aryl methyl sites for hydroxylation is 1. The summed E-state index contributed by atoms with van der Waals surface area (Å²) in [6, 6.07) is 0.962. The van der Waals surface area contributed by atoms with Crippen molar-refractivity contribution in [2.75, 3.05) is 5.73 Å². The lowest BCUT2D eigenvalue weighted by atomic mass is 9.85. The van der Waals surface area contributed by atoms with E-state index in [9.17, 15) is 41.0 Å². The van der Waals surface area contributed by atoms with Crippen molar-refractivity contribution in [3.63, 3.8) is 0 Å². The SMILES string of the molecule is CC(=O)c1c(C2C[C@H]3CC[C@@H](C2)N3C(=O)c2n[nH]c(C)n2)nc2c(-c3ccc(C(O)(C(F)(F)F)C(F)(F)F)nc3)cnn2c1N. The van der Waals surface area contributed by atoms with Crippen LogP contribution in [0.15, 0.2) is 24.5 Å². The minimum atomic E-state index is -6.09. The summed E-state index contributed by atoms with van der Waals surface area (Å²) >= 11 is 0. The molecule has 1 amide bonds. The number of anilines is 1. The van der Waals surface area contributed by atoms with Crippen LogP contribution in [-0.4, -0.2) is 80.9 Å². The van der Waals surface area contributed by atoms with Gasteiger partial charge in [0, 0.05) is 35.3 Å². The number of nitrogen functional groups attached to an aromatic ring is 1. The summed E-state index contributed by atoms with van der Waals surface area (Å²) in [6.45, 7) is 3.00. The zero-order valence-electron chi connectivity index (χ0n) is 23.6. The van der Waals surface area contributed by atoms with Gasteiger partial charge in [-0.25, -0.2) is 9.97 Å². The third-order valence-electron chi connectivity index (χ3n) is 8.47. The van der Waals surface area contributed by atoms with E-state index in [0.717, 1.165) is 16.8 Å². The molecule has 4 aromatic heterocycles. The van der Waals surface area contributed by atoms with Gasteiger partial charge in [-0.2, -0.15) is 36.0 Å². The molecule has 3 atom stereocenters. The van der Waals surface area contributed by atoms with E-state index < -0.39 is 23.6 Å². The van der Waals surface area contributed by atoms with Gasteiger partial charge in [-0.1, -0.05) is 6.07 Å². The Morgan fingerprint density at radius 2 is 1.67 bits per heavy atom. The maximum atomic E-state index is 13.3. The molecule has 0 spiro atoms. The van der Waals surface area contributed by atoms with E-state index >= 15 is 0 Å².